The monoisotopic (exact) mass is 352 g/mol. The number of aryl methyl sites for hydroxylation is 2. The predicted octanol–water partition coefficient (Wildman–Crippen LogP) is 4.98. The minimum absolute atomic E-state index is 0.0137. The summed E-state index contributed by atoms with van der Waals surface area (Å²) in [7, 11) is 0. The van der Waals surface area contributed by atoms with Crippen molar-refractivity contribution >= 4 is 33.3 Å². The van der Waals surface area contributed by atoms with Gasteiger partial charge in [-0.25, -0.2) is 0 Å². The van der Waals surface area contributed by atoms with Crippen LogP contribution in [0.4, 0.5) is 0 Å². The number of ether oxygens (including phenoxy) is 1. The molecule has 0 amide bonds. The standard InChI is InChI=1S/C16H14BrClO2/c1-10-6-14(18)7-11(2)16(10)20-9-15(19)12-4-3-5-13(17)8-12/h3-8H,9H2,1-2H3. The molecule has 0 bridgehead atoms. The Bertz CT molecular complexity index is 630. The molecule has 0 heterocycles. The van der Waals surface area contributed by atoms with Crippen molar-refractivity contribution < 1.29 is 9.53 Å². The molecular formula is C16H14BrClO2. The van der Waals surface area contributed by atoms with Crippen LogP contribution >= 0.6 is 27.5 Å². The zero-order valence-corrected chi connectivity index (χ0v) is 13.6. The second-order valence-corrected chi connectivity index (χ2v) is 5.94. The lowest BCUT2D eigenvalue weighted by atomic mass is 10.1. The van der Waals surface area contributed by atoms with Gasteiger partial charge in [-0.05, 0) is 49.2 Å². The van der Waals surface area contributed by atoms with Gasteiger partial charge in [0, 0.05) is 15.1 Å². The molecule has 2 aromatic carbocycles. The molecule has 0 aliphatic heterocycles. The Morgan fingerprint density at radius 1 is 1.20 bits per heavy atom. The van der Waals surface area contributed by atoms with Crippen LogP contribution in [-0.2, 0) is 0 Å². The zero-order valence-electron chi connectivity index (χ0n) is 11.2. The van der Waals surface area contributed by atoms with Crippen molar-refractivity contribution in [3.8, 4) is 5.75 Å². The van der Waals surface area contributed by atoms with Crippen molar-refractivity contribution in [1.82, 2.24) is 0 Å². The fourth-order valence-electron chi connectivity index (χ4n) is 2.01. The minimum atomic E-state index is -0.0555. The molecule has 104 valence electrons. The van der Waals surface area contributed by atoms with E-state index in [9.17, 15) is 4.79 Å². The van der Waals surface area contributed by atoms with E-state index in [1.54, 1.807) is 12.1 Å². The van der Waals surface area contributed by atoms with Crippen molar-refractivity contribution in [3.63, 3.8) is 0 Å². The van der Waals surface area contributed by atoms with E-state index in [2.05, 4.69) is 15.9 Å². The van der Waals surface area contributed by atoms with Crippen LogP contribution in [0.25, 0.3) is 0 Å². The number of halogens is 2. The Morgan fingerprint density at radius 3 is 2.45 bits per heavy atom. The van der Waals surface area contributed by atoms with Crippen LogP contribution < -0.4 is 4.74 Å². The molecule has 0 fully saturated rings. The first-order valence-electron chi connectivity index (χ1n) is 6.15. The maximum atomic E-state index is 12.1. The summed E-state index contributed by atoms with van der Waals surface area (Å²) in [5.41, 5.74) is 2.48. The predicted molar refractivity (Wildman–Crippen MR) is 84.9 cm³/mol. The maximum Gasteiger partial charge on any atom is 0.200 e. The van der Waals surface area contributed by atoms with Crippen LogP contribution in [0.15, 0.2) is 40.9 Å². The van der Waals surface area contributed by atoms with Crippen molar-refractivity contribution in [2.75, 3.05) is 6.61 Å². The number of Topliss-reactive ketones (excluding diaryl/α,β-unsaturated/α-hetero) is 1. The molecule has 0 spiro atoms. The molecule has 0 saturated heterocycles. The Kier molecular flexibility index (Phi) is 4.84. The summed E-state index contributed by atoms with van der Waals surface area (Å²) in [6.45, 7) is 3.84. The number of ketones is 1. The van der Waals surface area contributed by atoms with Gasteiger partial charge in [-0.15, -0.1) is 0 Å². The molecule has 2 nitrogen and oxygen atoms in total. The van der Waals surface area contributed by atoms with E-state index in [0.717, 1.165) is 21.3 Å². The normalized spacial score (nSPS) is 10.4. The summed E-state index contributed by atoms with van der Waals surface area (Å²) < 4.78 is 6.53. The maximum absolute atomic E-state index is 12.1. The number of rotatable bonds is 4. The molecule has 0 radical (unpaired) electrons. The van der Waals surface area contributed by atoms with E-state index in [1.807, 2.05) is 38.1 Å². The molecule has 20 heavy (non-hydrogen) atoms. The van der Waals surface area contributed by atoms with Gasteiger partial charge in [-0.1, -0.05) is 39.7 Å². The van der Waals surface area contributed by atoms with Crippen molar-refractivity contribution in [1.29, 1.82) is 0 Å². The molecule has 0 N–H and O–H groups in total. The van der Waals surface area contributed by atoms with Crippen LogP contribution in [0.1, 0.15) is 21.5 Å². The first-order chi connectivity index (χ1) is 9.47. The first-order valence-corrected chi connectivity index (χ1v) is 7.33. The molecule has 2 aromatic rings. The fraction of sp³-hybridized carbons (Fsp3) is 0.188. The molecule has 4 heteroatoms. The van der Waals surface area contributed by atoms with Gasteiger partial charge >= 0.3 is 0 Å². The molecule has 0 aromatic heterocycles. The summed E-state index contributed by atoms with van der Waals surface area (Å²) >= 11 is 9.32. The van der Waals surface area contributed by atoms with Crippen molar-refractivity contribution in [3.05, 3.63) is 62.6 Å². The third-order valence-corrected chi connectivity index (χ3v) is 3.63. The summed E-state index contributed by atoms with van der Waals surface area (Å²) in [6, 6.07) is 10.9. The quantitative estimate of drug-likeness (QED) is 0.725. The van der Waals surface area contributed by atoms with Gasteiger partial charge in [0.2, 0.25) is 0 Å². The molecule has 0 unspecified atom stereocenters. The second kappa shape index (κ2) is 6.42. The van der Waals surface area contributed by atoms with E-state index in [0.29, 0.717) is 10.6 Å². The third-order valence-electron chi connectivity index (χ3n) is 2.92. The Morgan fingerprint density at radius 2 is 1.85 bits per heavy atom. The molecule has 2 rings (SSSR count). The van der Waals surface area contributed by atoms with E-state index in [1.165, 1.54) is 0 Å². The molecule has 0 saturated carbocycles. The lowest BCUT2D eigenvalue weighted by Crippen LogP contribution is -2.12. The fourth-order valence-corrected chi connectivity index (χ4v) is 2.73. The molecule has 0 aliphatic rings. The van der Waals surface area contributed by atoms with Crippen LogP contribution in [0.2, 0.25) is 5.02 Å². The average molecular weight is 354 g/mol. The average Bonchev–Trinajstić information content (AvgIpc) is 2.37. The van der Waals surface area contributed by atoms with Crippen molar-refractivity contribution in [2.45, 2.75) is 13.8 Å². The highest BCUT2D eigenvalue weighted by molar-refractivity contribution is 9.10. The minimum Gasteiger partial charge on any atom is -0.485 e. The Balaban J connectivity index is 2.11. The third kappa shape index (κ3) is 3.62. The lowest BCUT2D eigenvalue weighted by molar-refractivity contribution is 0.0920. The second-order valence-electron chi connectivity index (χ2n) is 4.59. The van der Waals surface area contributed by atoms with Gasteiger partial charge in [0.25, 0.3) is 0 Å². The number of carbonyl (C=O) groups excluding carboxylic acids is 1. The van der Waals surface area contributed by atoms with Crippen LogP contribution in [0.3, 0.4) is 0 Å². The summed E-state index contributed by atoms with van der Waals surface area (Å²) in [5, 5.41) is 0.672. The smallest absolute Gasteiger partial charge is 0.200 e. The van der Waals surface area contributed by atoms with Crippen LogP contribution in [-0.4, -0.2) is 12.4 Å². The Hall–Kier alpha value is -1.32. The van der Waals surface area contributed by atoms with E-state index in [-0.39, 0.29) is 12.4 Å². The summed E-state index contributed by atoms with van der Waals surface area (Å²) in [5.74, 6) is 0.665. The lowest BCUT2D eigenvalue weighted by Gasteiger charge is -2.12. The number of benzene rings is 2. The number of hydrogen-bond donors (Lipinski definition) is 0. The molecule has 0 aliphatic carbocycles. The summed E-state index contributed by atoms with van der Waals surface area (Å²) in [6.07, 6.45) is 0. The zero-order chi connectivity index (χ0) is 14.7. The molecular weight excluding hydrogens is 340 g/mol. The van der Waals surface area contributed by atoms with Gasteiger partial charge in [0.15, 0.2) is 12.4 Å². The highest BCUT2D eigenvalue weighted by Gasteiger charge is 2.10. The van der Waals surface area contributed by atoms with Crippen LogP contribution in [0, 0.1) is 13.8 Å². The van der Waals surface area contributed by atoms with Gasteiger partial charge in [0.1, 0.15) is 5.75 Å². The van der Waals surface area contributed by atoms with Gasteiger partial charge in [-0.2, -0.15) is 0 Å². The highest BCUT2D eigenvalue weighted by Crippen LogP contribution is 2.27. The van der Waals surface area contributed by atoms with Gasteiger partial charge in [-0.3, -0.25) is 4.79 Å². The highest BCUT2D eigenvalue weighted by atomic mass is 79.9. The largest absolute Gasteiger partial charge is 0.485 e. The summed E-state index contributed by atoms with van der Waals surface area (Å²) in [4.78, 5) is 12.1. The topological polar surface area (TPSA) is 26.3 Å². The first kappa shape index (κ1) is 15.1. The van der Waals surface area contributed by atoms with Crippen molar-refractivity contribution in [2.24, 2.45) is 0 Å². The number of hydrogen-bond acceptors (Lipinski definition) is 2. The Labute approximate surface area is 131 Å². The molecule has 0 atom stereocenters. The SMILES string of the molecule is Cc1cc(Cl)cc(C)c1OCC(=O)c1cccc(Br)c1. The van der Waals surface area contributed by atoms with Gasteiger partial charge < -0.3 is 4.74 Å². The van der Waals surface area contributed by atoms with Crippen LogP contribution in [0.5, 0.6) is 5.75 Å². The van der Waals surface area contributed by atoms with E-state index >= 15 is 0 Å². The van der Waals surface area contributed by atoms with Gasteiger partial charge in [0.05, 0.1) is 0 Å². The number of carbonyl (C=O) groups is 1. The van der Waals surface area contributed by atoms with E-state index in [4.69, 9.17) is 16.3 Å². The van der Waals surface area contributed by atoms with E-state index < -0.39 is 0 Å².